The molecule has 4 aromatic rings. The molecule has 0 aromatic heterocycles. The topological polar surface area (TPSA) is 6.48 Å². The number of anilines is 4. The third kappa shape index (κ3) is 10.6. The summed E-state index contributed by atoms with van der Waals surface area (Å²) in [6.07, 6.45) is 8.24. The molecule has 2 nitrogen and oxygen atoms in total. The van der Waals surface area contributed by atoms with Crippen LogP contribution in [0.1, 0.15) is 0 Å². The number of thioether (sulfide) groups is 4. The predicted octanol–water partition coefficient (Wildman–Crippen LogP) is 10.2. The van der Waals surface area contributed by atoms with Crippen molar-refractivity contribution in [3.8, 4) is 0 Å². The molecule has 0 aliphatic rings. The van der Waals surface area contributed by atoms with Gasteiger partial charge >= 0.3 is 16.5 Å². The van der Waals surface area contributed by atoms with Crippen molar-refractivity contribution in [2.24, 2.45) is 0 Å². The zero-order valence-electron chi connectivity index (χ0n) is 22.7. The molecule has 0 amide bonds. The van der Waals surface area contributed by atoms with E-state index in [4.69, 9.17) is 49.7 Å². The maximum absolute atomic E-state index is 5.23. The molecular weight excluding hydrogens is 704 g/mol. The largest absolute Gasteiger partial charge is 2.00 e. The molecule has 0 aliphatic heterocycles. The van der Waals surface area contributed by atoms with Gasteiger partial charge in [-0.2, -0.15) is 0 Å². The summed E-state index contributed by atoms with van der Waals surface area (Å²) >= 11 is 27.8. The van der Waals surface area contributed by atoms with Crippen LogP contribution in [0.15, 0.2) is 117 Å². The van der Waals surface area contributed by atoms with Gasteiger partial charge in [0, 0.05) is 42.3 Å². The van der Waals surface area contributed by atoms with Crippen LogP contribution in [0.3, 0.4) is 0 Å². The van der Waals surface area contributed by atoms with Crippen LogP contribution in [-0.2, 0) is 41.7 Å². The van der Waals surface area contributed by atoms with Gasteiger partial charge in [0.2, 0.25) is 0 Å². The summed E-state index contributed by atoms with van der Waals surface area (Å²) in [4.78, 5) is 8.73. The maximum atomic E-state index is 5.23. The van der Waals surface area contributed by atoms with Crippen molar-refractivity contribution in [1.82, 2.24) is 0 Å². The van der Waals surface area contributed by atoms with E-state index in [1.807, 2.05) is 58.3 Å². The SMILES string of the molecule is CSc1ccc(N(C(=S)[S-])c2ccc(SC)cc2)cc1.CSc1ccc(N(C(=S)[S-])c2ccc(SC)cc2)cc1.[Ni+2]. The molecule has 0 fully saturated rings. The quantitative estimate of drug-likeness (QED) is 0.0745. The molecule has 0 aliphatic carbocycles. The first-order chi connectivity index (χ1) is 19.3. The van der Waals surface area contributed by atoms with E-state index in [-0.39, 0.29) is 16.5 Å². The molecule has 0 unspecified atom stereocenters. The standard InChI is InChI=1S/2C15H15NS4.Ni/c2*1-19-13-7-3-11(4-8-13)16(15(17)18)12-5-9-14(20-2)10-6-12;/h2*3-10H,1-2H3,(H,17,18);/q;;+2/p-2. The smallest absolute Gasteiger partial charge is 0.411 e. The van der Waals surface area contributed by atoms with Gasteiger partial charge in [0.05, 0.1) is 0 Å². The van der Waals surface area contributed by atoms with Gasteiger partial charge in [-0.25, -0.2) is 0 Å². The van der Waals surface area contributed by atoms with E-state index in [2.05, 4.69) is 73.6 Å². The summed E-state index contributed by atoms with van der Waals surface area (Å²) in [5.41, 5.74) is 4.00. The van der Waals surface area contributed by atoms with Crippen LogP contribution in [0.2, 0.25) is 0 Å². The van der Waals surface area contributed by atoms with Crippen molar-refractivity contribution in [2.75, 3.05) is 34.8 Å². The van der Waals surface area contributed by atoms with Crippen molar-refractivity contribution < 1.29 is 16.5 Å². The van der Waals surface area contributed by atoms with E-state index >= 15 is 0 Å². The van der Waals surface area contributed by atoms with Gasteiger partial charge in [0.15, 0.2) is 0 Å². The number of rotatable bonds is 8. The number of nitrogens with zero attached hydrogens (tertiary/aromatic N) is 2. The first-order valence-corrected chi connectivity index (χ1v) is 18.4. The molecule has 4 aromatic carbocycles. The van der Waals surface area contributed by atoms with Gasteiger partial charge in [-0.15, -0.1) is 47.0 Å². The Balaban J connectivity index is 0.000000280. The molecular formula is C30H28N2NiS8. The second kappa shape index (κ2) is 18.6. The Bertz CT molecular complexity index is 1180. The minimum absolute atomic E-state index is 0. The summed E-state index contributed by atoms with van der Waals surface area (Å²) < 4.78 is 0.859. The Morgan fingerprint density at radius 1 is 0.439 bits per heavy atom. The molecule has 11 heteroatoms. The van der Waals surface area contributed by atoms with Crippen LogP contribution in [0.25, 0.3) is 0 Å². The third-order valence-electron chi connectivity index (χ3n) is 5.69. The normalized spacial score (nSPS) is 10.0. The van der Waals surface area contributed by atoms with Crippen LogP contribution in [0.4, 0.5) is 22.7 Å². The molecule has 4 rings (SSSR count). The van der Waals surface area contributed by atoms with Crippen molar-refractivity contribution in [1.29, 1.82) is 0 Å². The summed E-state index contributed by atoms with van der Waals surface area (Å²) in [5, 5.41) is 0. The van der Waals surface area contributed by atoms with E-state index in [1.54, 1.807) is 47.0 Å². The van der Waals surface area contributed by atoms with Crippen molar-refractivity contribution in [3.63, 3.8) is 0 Å². The Labute approximate surface area is 293 Å². The molecule has 0 saturated carbocycles. The number of hydrogen-bond donors (Lipinski definition) is 0. The number of benzene rings is 4. The number of thiocarbonyl (C=S) groups is 2. The van der Waals surface area contributed by atoms with Gasteiger partial charge in [-0.3, -0.25) is 0 Å². The zero-order chi connectivity index (χ0) is 29.1. The summed E-state index contributed by atoms with van der Waals surface area (Å²) in [6.45, 7) is 0. The predicted molar refractivity (Wildman–Crippen MR) is 197 cm³/mol. The molecule has 41 heavy (non-hydrogen) atoms. The molecule has 216 valence electrons. The molecule has 0 N–H and O–H groups in total. The Kier molecular flexibility index (Phi) is 16.4. The Hall–Kier alpha value is -1.01. The second-order valence-electron chi connectivity index (χ2n) is 7.99. The fourth-order valence-electron chi connectivity index (χ4n) is 3.64. The van der Waals surface area contributed by atoms with Gasteiger partial charge in [0.25, 0.3) is 0 Å². The number of hydrogen-bond acceptors (Lipinski definition) is 8. The van der Waals surface area contributed by atoms with Crippen LogP contribution in [0.5, 0.6) is 0 Å². The minimum Gasteiger partial charge on any atom is -0.411 e. The fraction of sp³-hybridized carbons (Fsp3) is 0.133. The Morgan fingerprint density at radius 2 is 0.610 bits per heavy atom. The minimum atomic E-state index is 0. The summed E-state index contributed by atoms with van der Waals surface area (Å²) in [6, 6.07) is 33.0. The first kappa shape index (κ1) is 36.2. The van der Waals surface area contributed by atoms with Gasteiger partial charge < -0.3 is 59.5 Å². The van der Waals surface area contributed by atoms with Crippen molar-refractivity contribution in [3.05, 3.63) is 97.1 Å². The van der Waals surface area contributed by atoms with E-state index in [9.17, 15) is 0 Å². The summed E-state index contributed by atoms with van der Waals surface area (Å²) in [5.74, 6) is 0. The molecule has 0 radical (unpaired) electrons. The molecule has 0 saturated heterocycles. The van der Waals surface area contributed by atoms with Gasteiger partial charge in [0.1, 0.15) is 0 Å². The van der Waals surface area contributed by atoms with Crippen molar-refractivity contribution in [2.45, 2.75) is 19.6 Å². The van der Waals surface area contributed by atoms with Gasteiger partial charge in [-0.05, 0) is 122 Å². The average molecular weight is 732 g/mol. The molecule has 0 atom stereocenters. The Morgan fingerprint density at radius 3 is 0.732 bits per heavy atom. The molecule has 0 bridgehead atoms. The van der Waals surface area contributed by atoms with Crippen LogP contribution >= 0.6 is 71.5 Å². The zero-order valence-corrected chi connectivity index (χ0v) is 30.2. The first-order valence-electron chi connectivity index (χ1n) is 11.9. The summed E-state index contributed by atoms with van der Waals surface area (Å²) in [7, 11) is 0. The van der Waals surface area contributed by atoms with Crippen LogP contribution in [-0.4, -0.2) is 33.7 Å². The molecule has 0 heterocycles. The van der Waals surface area contributed by atoms with E-state index < -0.39 is 0 Å². The monoisotopic (exact) mass is 730 g/mol. The second-order valence-corrected chi connectivity index (χ2v) is 13.6. The van der Waals surface area contributed by atoms with Crippen molar-refractivity contribution >= 4 is 128 Å². The van der Waals surface area contributed by atoms with Gasteiger partial charge in [-0.1, -0.05) is 8.64 Å². The average Bonchev–Trinajstić information content (AvgIpc) is 2.99. The van der Waals surface area contributed by atoms with E-state index in [1.165, 1.54) is 19.6 Å². The molecule has 0 spiro atoms. The third-order valence-corrected chi connectivity index (χ3v) is 9.39. The van der Waals surface area contributed by atoms with E-state index in [0.717, 1.165) is 22.7 Å². The fourth-order valence-corrected chi connectivity index (χ4v) is 6.12. The van der Waals surface area contributed by atoms with Crippen LogP contribution in [0, 0.1) is 0 Å². The van der Waals surface area contributed by atoms with Crippen LogP contribution < -0.4 is 9.80 Å². The van der Waals surface area contributed by atoms with E-state index in [0.29, 0.717) is 8.64 Å². The maximum Gasteiger partial charge on any atom is 2.00 e.